The Kier molecular flexibility index (Phi) is 6.09. The third-order valence-electron chi connectivity index (χ3n) is 3.26. The summed E-state index contributed by atoms with van der Waals surface area (Å²) in [4.78, 5) is 12.0. The van der Waals surface area contributed by atoms with Gasteiger partial charge in [-0.2, -0.15) is 0 Å². The number of carbonyl (C=O) groups is 1. The first-order valence-corrected chi connectivity index (χ1v) is 7.93. The molecule has 0 aliphatic heterocycles. The van der Waals surface area contributed by atoms with Crippen molar-refractivity contribution in [3.63, 3.8) is 0 Å². The molecule has 0 bridgehead atoms. The van der Waals surface area contributed by atoms with Crippen LogP contribution in [0.2, 0.25) is 15.1 Å². The van der Waals surface area contributed by atoms with E-state index in [-0.39, 0.29) is 11.9 Å². The summed E-state index contributed by atoms with van der Waals surface area (Å²) in [6.45, 7) is 2.33. The zero-order chi connectivity index (χ0) is 16.1. The van der Waals surface area contributed by atoms with Crippen molar-refractivity contribution < 1.29 is 10.1 Å². The van der Waals surface area contributed by atoms with Gasteiger partial charge in [-0.25, -0.2) is 0 Å². The molecule has 0 aromatic heterocycles. The van der Waals surface area contributed by atoms with Crippen LogP contribution in [0.4, 0.5) is 5.69 Å². The van der Waals surface area contributed by atoms with Gasteiger partial charge in [-0.3, -0.25) is 4.79 Å². The summed E-state index contributed by atoms with van der Waals surface area (Å²) in [6.07, 6.45) is 0. The van der Waals surface area contributed by atoms with Gasteiger partial charge in [0.1, 0.15) is 6.04 Å². The van der Waals surface area contributed by atoms with Crippen molar-refractivity contribution in [1.82, 2.24) is 0 Å². The summed E-state index contributed by atoms with van der Waals surface area (Å²) in [5.41, 5.74) is 1.67. The van der Waals surface area contributed by atoms with E-state index in [0.29, 0.717) is 27.3 Å². The average molecular weight is 359 g/mol. The molecule has 0 heterocycles. The molecule has 0 radical (unpaired) electrons. The highest BCUT2D eigenvalue weighted by Gasteiger charge is 2.12. The first kappa shape index (κ1) is 17.1. The molecule has 0 saturated heterocycles. The largest absolute Gasteiger partial charge is 0.333 e. The molecule has 0 saturated carbocycles. The van der Waals surface area contributed by atoms with Crippen molar-refractivity contribution in [3.8, 4) is 0 Å². The van der Waals surface area contributed by atoms with Crippen LogP contribution in [0.3, 0.4) is 0 Å². The van der Waals surface area contributed by atoms with E-state index in [0.717, 1.165) is 5.56 Å². The Hall–Kier alpha value is -1.26. The number of quaternary nitrogens is 1. The number of rotatable bonds is 5. The standard InChI is InChI=1S/C16H15Cl3N2O/c1-10(11-2-4-12(17)5-3-11)20-9-16(22)21-15-7-6-13(18)8-14(15)19/h2-8,10,20H,9H2,1H3,(H,21,22)/p+1/t10-/m1/s1. The van der Waals surface area contributed by atoms with Crippen molar-refractivity contribution in [2.24, 2.45) is 0 Å². The molecule has 22 heavy (non-hydrogen) atoms. The van der Waals surface area contributed by atoms with Gasteiger partial charge in [0, 0.05) is 15.6 Å². The summed E-state index contributed by atoms with van der Waals surface area (Å²) < 4.78 is 0. The molecule has 116 valence electrons. The molecule has 6 heteroatoms. The highest BCUT2D eigenvalue weighted by Crippen LogP contribution is 2.25. The van der Waals surface area contributed by atoms with Crippen LogP contribution in [0.25, 0.3) is 0 Å². The highest BCUT2D eigenvalue weighted by molar-refractivity contribution is 6.36. The van der Waals surface area contributed by atoms with E-state index in [1.165, 1.54) is 0 Å². The third-order valence-corrected chi connectivity index (χ3v) is 4.06. The SMILES string of the molecule is C[C@@H]([NH2+]CC(=O)Nc1ccc(Cl)cc1Cl)c1ccc(Cl)cc1. The van der Waals surface area contributed by atoms with Gasteiger partial charge in [0.05, 0.1) is 10.7 Å². The number of halogens is 3. The Bertz CT molecular complexity index is 659. The lowest BCUT2D eigenvalue weighted by molar-refractivity contribution is -0.682. The fourth-order valence-electron chi connectivity index (χ4n) is 1.98. The fourth-order valence-corrected chi connectivity index (χ4v) is 2.56. The zero-order valence-corrected chi connectivity index (χ0v) is 14.2. The van der Waals surface area contributed by atoms with Gasteiger partial charge in [0.25, 0.3) is 5.91 Å². The molecule has 2 aromatic rings. The van der Waals surface area contributed by atoms with Gasteiger partial charge in [-0.15, -0.1) is 0 Å². The van der Waals surface area contributed by atoms with E-state index in [1.54, 1.807) is 18.2 Å². The maximum Gasteiger partial charge on any atom is 0.279 e. The summed E-state index contributed by atoms with van der Waals surface area (Å²) >= 11 is 17.7. The molecule has 1 atom stereocenters. The number of carbonyl (C=O) groups excluding carboxylic acids is 1. The Balaban J connectivity index is 1.88. The van der Waals surface area contributed by atoms with Gasteiger partial charge in [0.2, 0.25) is 0 Å². The second-order valence-corrected chi connectivity index (χ2v) is 6.23. The lowest BCUT2D eigenvalue weighted by Gasteiger charge is -2.12. The Morgan fingerprint density at radius 3 is 2.36 bits per heavy atom. The second kappa shape index (κ2) is 7.84. The summed E-state index contributed by atoms with van der Waals surface area (Å²) in [7, 11) is 0. The molecule has 3 nitrogen and oxygen atoms in total. The predicted octanol–water partition coefficient (Wildman–Crippen LogP) is 3.91. The van der Waals surface area contributed by atoms with Gasteiger partial charge < -0.3 is 10.6 Å². The Morgan fingerprint density at radius 1 is 1.09 bits per heavy atom. The topological polar surface area (TPSA) is 45.7 Å². The lowest BCUT2D eigenvalue weighted by atomic mass is 10.1. The minimum absolute atomic E-state index is 0.120. The molecular weight excluding hydrogens is 343 g/mol. The van der Waals surface area contributed by atoms with Crippen LogP contribution in [0.5, 0.6) is 0 Å². The monoisotopic (exact) mass is 357 g/mol. The minimum Gasteiger partial charge on any atom is -0.333 e. The van der Waals surface area contributed by atoms with Crippen molar-refractivity contribution in [3.05, 3.63) is 63.1 Å². The number of hydrogen-bond donors (Lipinski definition) is 2. The zero-order valence-electron chi connectivity index (χ0n) is 11.9. The molecule has 2 aromatic carbocycles. The quantitative estimate of drug-likeness (QED) is 0.836. The smallest absolute Gasteiger partial charge is 0.279 e. The van der Waals surface area contributed by atoms with E-state index in [9.17, 15) is 4.79 Å². The number of benzene rings is 2. The van der Waals surface area contributed by atoms with E-state index in [4.69, 9.17) is 34.8 Å². The Morgan fingerprint density at radius 2 is 1.73 bits per heavy atom. The molecule has 1 amide bonds. The minimum atomic E-state index is -0.120. The van der Waals surface area contributed by atoms with Crippen molar-refractivity contribution in [1.29, 1.82) is 0 Å². The van der Waals surface area contributed by atoms with Gasteiger partial charge in [-0.1, -0.05) is 46.9 Å². The maximum atomic E-state index is 12.0. The first-order valence-electron chi connectivity index (χ1n) is 6.79. The summed E-state index contributed by atoms with van der Waals surface area (Å²) in [6, 6.07) is 12.7. The fraction of sp³-hybridized carbons (Fsp3) is 0.188. The molecule has 2 rings (SSSR count). The van der Waals surface area contributed by atoms with E-state index >= 15 is 0 Å². The number of hydrogen-bond acceptors (Lipinski definition) is 1. The molecule has 0 aliphatic rings. The van der Waals surface area contributed by atoms with Crippen LogP contribution in [0.1, 0.15) is 18.5 Å². The summed E-state index contributed by atoms with van der Waals surface area (Å²) in [5, 5.41) is 6.37. The van der Waals surface area contributed by atoms with Crippen LogP contribution in [0.15, 0.2) is 42.5 Å². The predicted molar refractivity (Wildman–Crippen MR) is 91.8 cm³/mol. The number of anilines is 1. The molecule has 0 fully saturated rings. The van der Waals surface area contributed by atoms with Crippen LogP contribution >= 0.6 is 34.8 Å². The first-order chi connectivity index (χ1) is 10.5. The molecular formula is C16H16Cl3N2O+. The van der Waals surface area contributed by atoms with Gasteiger partial charge in [-0.05, 0) is 37.3 Å². The summed E-state index contributed by atoms with van der Waals surface area (Å²) in [5.74, 6) is -0.120. The molecule has 3 N–H and O–H groups in total. The normalized spacial score (nSPS) is 12.0. The number of amides is 1. The number of nitrogens with two attached hydrogens (primary N) is 1. The van der Waals surface area contributed by atoms with Crippen LogP contribution in [0, 0.1) is 0 Å². The molecule has 0 aliphatic carbocycles. The van der Waals surface area contributed by atoms with Crippen LogP contribution in [-0.4, -0.2) is 12.5 Å². The second-order valence-electron chi connectivity index (χ2n) is 4.95. The molecule has 0 spiro atoms. The van der Waals surface area contributed by atoms with Gasteiger partial charge >= 0.3 is 0 Å². The van der Waals surface area contributed by atoms with Crippen molar-refractivity contribution >= 4 is 46.4 Å². The van der Waals surface area contributed by atoms with Gasteiger partial charge in [0.15, 0.2) is 6.54 Å². The van der Waals surface area contributed by atoms with Crippen LogP contribution in [-0.2, 0) is 4.79 Å². The Labute approximate surface area is 144 Å². The maximum absolute atomic E-state index is 12.0. The van der Waals surface area contributed by atoms with Crippen molar-refractivity contribution in [2.45, 2.75) is 13.0 Å². The third kappa shape index (κ3) is 4.89. The molecule has 0 unspecified atom stereocenters. The lowest BCUT2D eigenvalue weighted by Crippen LogP contribution is -2.86. The van der Waals surface area contributed by atoms with E-state index in [2.05, 4.69) is 5.32 Å². The van der Waals surface area contributed by atoms with E-state index < -0.39 is 0 Å². The van der Waals surface area contributed by atoms with Crippen LogP contribution < -0.4 is 10.6 Å². The highest BCUT2D eigenvalue weighted by atomic mass is 35.5. The number of nitrogens with one attached hydrogen (secondary N) is 1. The average Bonchev–Trinajstić information content (AvgIpc) is 2.48. The van der Waals surface area contributed by atoms with E-state index in [1.807, 2.05) is 36.5 Å². The van der Waals surface area contributed by atoms with Crippen molar-refractivity contribution in [2.75, 3.05) is 11.9 Å².